The van der Waals surface area contributed by atoms with Crippen molar-refractivity contribution in [1.82, 2.24) is 5.32 Å². The molecule has 1 aliphatic heterocycles. The predicted molar refractivity (Wildman–Crippen MR) is 136 cm³/mol. The van der Waals surface area contributed by atoms with E-state index in [0.29, 0.717) is 17.4 Å². The van der Waals surface area contributed by atoms with E-state index in [1.807, 2.05) is 30.3 Å². The molecule has 4 nitrogen and oxygen atoms in total. The van der Waals surface area contributed by atoms with Gasteiger partial charge in [0.1, 0.15) is 11.6 Å². The highest BCUT2D eigenvalue weighted by molar-refractivity contribution is 5.98. The third kappa shape index (κ3) is 5.32. The number of halogens is 2. The van der Waals surface area contributed by atoms with Gasteiger partial charge in [0.25, 0.3) is 5.91 Å². The molecule has 0 radical (unpaired) electrons. The minimum Gasteiger partial charge on any atom is -0.371 e. The molecule has 5 rings (SSSR count). The summed E-state index contributed by atoms with van der Waals surface area (Å²) >= 11 is 0. The molecule has 36 heavy (non-hydrogen) atoms. The van der Waals surface area contributed by atoms with Crippen LogP contribution >= 0.6 is 0 Å². The average Bonchev–Trinajstić information content (AvgIpc) is 3.47. The molecule has 0 spiro atoms. The molecule has 0 bridgehead atoms. The third-order valence-electron chi connectivity index (χ3n) is 7.57. The summed E-state index contributed by atoms with van der Waals surface area (Å²) in [6.45, 7) is 1.85. The Hall–Kier alpha value is -3.54. The highest BCUT2D eigenvalue weighted by Crippen LogP contribution is 2.40. The number of rotatable bonds is 8. The maximum atomic E-state index is 14.3. The van der Waals surface area contributed by atoms with E-state index in [9.17, 15) is 18.4 Å². The normalized spacial score (nSPS) is 19.7. The van der Waals surface area contributed by atoms with Crippen molar-refractivity contribution in [3.63, 3.8) is 0 Å². The van der Waals surface area contributed by atoms with E-state index in [1.165, 1.54) is 49.6 Å². The van der Waals surface area contributed by atoms with Crippen LogP contribution in [0.1, 0.15) is 40.7 Å². The first-order valence-electron chi connectivity index (χ1n) is 12.6. The molecule has 1 amide bonds. The van der Waals surface area contributed by atoms with Crippen molar-refractivity contribution in [2.75, 3.05) is 18.0 Å². The van der Waals surface area contributed by atoms with Gasteiger partial charge in [0.15, 0.2) is 5.78 Å². The fourth-order valence-electron chi connectivity index (χ4n) is 5.72. The second-order valence-electron chi connectivity index (χ2n) is 9.97. The topological polar surface area (TPSA) is 49.4 Å². The number of ketones is 1. The lowest BCUT2D eigenvalue weighted by Gasteiger charge is -2.24. The SMILES string of the molecule is O=C(NC(Cc1ccccc1)C(=O)Cc1cc(F)ccc1N1CC2CCCC2C1)c1ccccc1F. The van der Waals surface area contributed by atoms with Crippen LogP contribution < -0.4 is 10.2 Å². The number of anilines is 1. The number of hydrogen-bond acceptors (Lipinski definition) is 3. The first kappa shape index (κ1) is 24.2. The van der Waals surface area contributed by atoms with Crippen LogP contribution in [0, 0.1) is 23.5 Å². The first-order valence-corrected chi connectivity index (χ1v) is 12.6. The van der Waals surface area contributed by atoms with Crippen LogP contribution in [-0.4, -0.2) is 30.8 Å². The molecule has 1 saturated heterocycles. The Balaban J connectivity index is 1.38. The van der Waals surface area contributed by atoms with Crippen molar-refractivity contribution < 1.29 is 18.4 Å². The number of carbonyl (C=O) groups is 2. The number of fused-ring (bicyclic) bond motifs is 1. The van der Waals surface area contributed by atoms with E-state index in [1.54, 1.807) is 12.1 Å². The summed E-state index contributed by atoms with van der Waals surface area (Å²) in [5.41, 5.74) is 2.27. The van der Waals surface area contributed by atoms with E-state index in [0.717, 1.165) is 24.3 Å². The Labute approximate surface area is 210 Å². The van der Waals surface area contributed by atoms with Gasteiger partial charge in [0, 0.05) is 25.2 Å². The van der Waals surface area contributed by atoms with Crippen LogP contribution in [0.2, 0.25) is 0 Å². The maximum absolute atomic E-state index is 14.3. The molecular weight excluding hydrogens is 458 g/mol. The van der Waals surface area contributed by atoms with Crippen LogP contribution in [0.25, 0.3) is 0 Å². The Bertz CT molecular complexity index is 1230. The van der Waals surface area contributed by atoms with Gasteiger partial charge in [0.05, 0.1) is 11.6 Å². The van der Waals surface area contributed by atoms with Gasteiger partial charge in [-0.3, -0.25) is 9.59 Å². The molecule has 6 heteroatoms. The first-order chi connectivity index (χ1) is 17.5. The van der Waals surface area contributed by atoms with Gasteiger partial charge >= 0.3 is 0 Å². The number of nitrogens with one attached hydrogen (secondary N) is 1. The number of nitrogens with zero attached hydrogens (tertiary/aromatic N) is 1. The average molecular weight is 489 g/mol. The van der Waals surface area contributed by atoms with Crippen LogP contribution in [0.3, 0.4) is 0 Å². The predicted octanol–water partition coefficient (Wildman–Crippen LogP) is 5.35. The van der Waals surface area contributed by atoms with Crippen LogP contribution in [0.4, 0.5) is 14.5 Å². The van der Waals surface area contributed by atoms with Crippen molar-refractivity contribution in [3.8, 4) is 0 Å². The van der Waals surface area contributed by atoms with Crippen molar-refractivity contribution in [1.29, 1.82) is 0 Å². The smallest absolute Gasteiger partial charge is 0.254 e. The van der Waals surface area contributed by atoms with E-state index in [-0.39, 0.29) is 24.2 Å². The molecule has 3 unspecified atom stereocenters. The lowest BCUT2D eigenvalue weighted by atomic mass is 9.96. The van der Waals surface area contributed by atoms with E-state index in [4.69, 9.17) is 0 Å². The fraction of sp³-hybridized carbons (Fsp3) is 0.333. The molecule has 3 aromatic rings. The van der Waals surface area contributed by atoms with Crippen LogP contribution in [0.15, 0.2) is 72.8 Å². The Morgan fingerprint density at radius 1 is 0.917 bits per heavy atom. The van der Waals surface area contributed by atoms with Gasteiger partial charge in [0.2, 0.25) is 0 Å². The number of amides is 1. The maximum Gasteiger partial charge on any atom is 0.254 e. The van der Waals surface area contributed by atoms with Crippen molar-refractivity contribution in [2.45, 2.75) is 38.1 Å². The summed E-state index contributed by atoms with van der Waals surface area (Å²) in [5.74, 6) is -0.609. The van der Waals surface area contributed by atoms with Crippen molar-refractivity contribution in [2.24, 2.45) is 11.8 Å². The van der Waals surface area contributed by atoms with E-state index < -0.39 is 23.6 Å². The van der Waals surface area contributed by atoms with Crippen LogP contribution in [0.5, 0.6) is 0 Å². The Morgan fingerprint density at radius 3 is 2.33 bits per heavy atom. The summed E-state index contributed by atoms with van der Waals surface area (Å²) in [6.07, 6.45) is 3.95. The van der Waals surface area contributed by atoms with Gasteiger partial charge in [-0.1, -0.05) is 48.9 Å². The van der Waals surface area contributed by atoms with Gasteiger partial charge in [-0.15, -0.1) is 0 Å². The van der Waals surface area contributed by atoms with E-state index in [2.05, 4.69) is 10.2 Å². The van der Waals surface area contributed by atoms with Gasteiger partial charge in [-0.05, 0) is 72.6 Å². The third-order valence-corrected chi connectivity index (χ3v) is 7.57. The van der Waals surface area contributed by atoms with Crippen LogP contribution in [-0.2, 0) is 17.6 Å². The molecule has 2 fully saturated rings. The van der Waals surface area contributed by atoms with E-state index >= 15 is 0 Å². The zero-order chi connectivity index (χ0) is 25.1. The molecule has 1 aliphatic carbocycles. The molecule has 3 aromatic carbocycles. The monoisotopic (exact) mass is 488 g/mol. The highest BCUT2D eigenvalue weighted by Gasteiger charge is 2.37. The van der Waals surface area contributed by atoms with Gasteiger partial charge in [-0.25, -0.2) is 8.78 Å². The molecule has 186 valence electrons. The van der Waals surface area contributed by atoms with Gasteiger partial charge in [-0.2, -0.15) is 0 Å². The lowest BCUT2D eigenvalue weighted by molar-refractivity contribution is -0.120. The molecule has 1 saturated carbocycles. The van der Waals surface area contributed by atoms with Gasteiger partial charge < -0.3 is 10.2 Å². The lowest BCUT2D eigenvalue weighted by Crippen LogP contribution is -2.43. The molecular formula is C30H30F2N2O2. The summed E-state index contributed by atoms with van der Waals surface area (Å²) in [6, 6.07) is 18.8. The summed E-state index contributed by atoms with van der Waals surface area (Å²) < 4.78 is 28.5. The Kier molecular flexibility index (Phi) is 7.12. The quantitative estimate of drug-likeness (QED) is 0.465. The number of carbonyl (C=O) groups excluding carboxylic acids is 2. The summed E-state index contributed by atoms with van der Waals surface area (Å²) in [7, 11) is 0. The summed E-state index contributed by atoms with van der Waals surface area (Å²) in [5, 5.41) is 2.74. The summed E-state index contributed by atoms with van der Waals surface area (Å²) in [4.78, 5) is 28.8. The number of benzene rings is 3. The molecule has 0 aromatic heterocycles. The Morgan fingerprint density at radius 2 is 1.61 bits per heavy atom. The number of hydrogen-bond donors (Lipinski definition) is 1. The highest BCUT2D eigenvalue weighted by atomic mass is 19.1. The fourth-order valence-corrected chi connectivity index (χ4v) is 5.72. The second kappa shape index (κ2) is 10.6. The van der Waals surface area contributed by atoms with Crippen molar-refractivity contribution >= 4 is 17.4 Å². The minimum atomic E-state index is -0.881. The minimum absolute atomic E-state index is 0.0199. The molecule has 1 N–H and O–H groups in total. The van der Waals surface area contributed by atoms with Crippen molar-refractivity contribution in [3.05, 3.63) is 101 Å². The molecule has 3 atom stereocenters. The largest absolute Gasteiger partial charge is 0.371 e. The standard InChI is InChI=1S/C30H30F2N2O2/c31-24-13-14-28(34-18-21-9-6-10-22(21)19-34)23(16-24)17-29(35)27(15-20-7-2-1-3-8-20)33-30(36)25-11-4-5-12-26(25)32/h1-5,7-8,11-14,16,21-22,27H,6,9-10,15,17-19H2,(H,33,36). The zero-order valence-corrected chi connectivity index (χ0v) is 20.1. The second-order valence-corrected chi connectivity index (χ2v) is 9.97. The zero-order valence-electron chi connectivity index (χ0n) is 20.1. The molecule has 1 heterocycles. The number of Topliss-reactive ketones (excluding diaryl/α,β-unsaturated/α-hetero) is 1. The molecule has 2 aliphatic rings.